The van der Waals surface area contributed by atoms with Crippen molar-refractivity contribution in [1.82, 2.24) is 4.98 Å². The summed E-state index contributed by atoms with van der Waals surface area (Å²) in [7, 11) is 0. The van der Waals surface area contributed by atoms with Crippen LogP contribution in [0.5, 0.6) is 0 Å². The fourth-order valence-corrected chi connectivity index (χ4v) is 1.23. The first-order chi connectivity index (χ1) is 4.74. The molecule has 0 amide bonds. The molecule has 1 aromatic rings. The maximum absolute atomic E-state index is 5.62. The van der Waals surface area contributed by atoms with E-state index >= 15 is 0 Å². The highest BCUT2D eigenvalue weighted by Crippen LogP contribution is 2.22. The maximum Gasteiger partial charge on any atom is 0.119 e. The van der Waals surface area contributed by atoms with Crippen molar-refractivity contribution >= 4 is 29.1 Å². The Morgan fingerprint density at radius 1 is 1.70 bits per heavy atom. The molecule has 2 N–H and O–H groups in total. The summed E-state index contributed by atoms with van der Waals surface area (Å²) in [5.41, 5.74) is 6.20. The average molecular weight is 175 g/mol. The van der Waals surface area contributed by atoms with Crippen molar-refractivity contribution < 1.29 is 0 Å². The third-order valence-electron chi connectivity index (χ3n) is 1.04. The lowest BCUT2D eigenvalue weighted by Crippen LogP contribution is -1.90. The van der Waals surface area contributed by atoms with Crippen LogP contribution in [0.2, 0.25) is 5.02 Å². The Hall–Kier alpha value is -0.410. The molecule has 54 valence electrons. The summed E-state index contributed by atoms with van der Waals surface area (Å²) in [6.07, 6.45) is 3.51. The second-order valence-corrected chi connectivity index (χ2v) is 2.98. The van der Waals surface area contributed by atoms with Crippen LogP contribution in [0.4, 0.5) is 5.69 Å². The topological polar surface area (TPSA) is 38.9 Å². The van der Waals surface area contributed by atoms with Gasteiger partial charge in [-0.1, -0.05) is 11.6 Å². The summed E-state index contributed by atoms with van der Waals surface area (Å²) < 4.78 is 0. The van der Waals surface area contributed by atoms with Gasteiger partial charge < -0.3 is 5.73 Å². The number of thioether (sulfide) groups is 1. The fourth-order valence-electron chi connectivity index (χ4n) is 0.613. The van der Waals surface area contributed by atoms with Crippen LogP contribution in [0, 0.1) is 0 Å². The molecule has 0 aliphatic rings. The van der Waals surface area contributed by atoms with Crippen LogP contribution < -0.4 is 5.73 Å². The van der Waals surface area contributed by atoms with Gasteiger partial charge in [-0.25, -0.2) is 4.98 Å². The molecule has 2 nitrogen and oxygen atoms in total. The minimum absolute atomic E-state index is 0.579. The van der Waals surface area contributed by atoms with Gasteiger partial charge in [-0.15, -0.1) is 11.8 Å². The maximum atomic E-state index is 5.62. The molecule has 0 bridgehead atoms. The Bertz CT molecular complexity index is 239. The van der Waals surface area contributed by atoms with Gasteiger partial charge in [0.1, 0.15) is 5.03 Å². The van der Waals surface area contributed by atoms with Crippen LogP contribution in [-0.2, 0) is 0 Å². The smallest absolute Gasteiger partial charge is 0.119 e. The Labute approximate surface area is 68.8 Å². The number of rotatable bonds is 1. The molecule has 0 aliphatic carbocycles. The molecule has 0 fully saturated rings. The number of hydrogen-bond donors (Lipinski definition) is 1. The lowest BCUT2D eigenvalue weighted by atomic mass is 10.4. The second-order valence-electron chi connectivity index (χ2n) is 1.75. The Morgan fingerprint density at radius 3 is 2.90 bits per heavy atom. The molecule has 0 radical (unpaired) electrons. The lowest BCUT2D eigenvalue weighted by Gasteiger charge is -1.99. The lowest BCUT2D eigenvalue weighted by molar-refractivity contribution is 1.15. The third kappa shape index (κ3) is 1.55. The summed E-state index contributed by atoms with van der Waals surface area (Å²) in [5.74, 6) is 0. The average Bonchev–Trinajstić information content (AvgIpc) is 1.88. The van der Waals surface area contributed by atoms with E-state index in [1.807, 2.05) is 6.26 Å². The van der Waals surface area contributed by atoms with Crippen LogP contribution in [0.3, 0.4) is 0 Å². The number of hydrogen-bond acceptors (Lipinski definition) is 3. The van der Waals surface area contributed by atoms with Gasteiger partial charge in [-0.3, -0.25) is 0 Å². The fraction of sp³-hybridized carbons (Fsp3) is 0.167. The molecule has 0 atom stereocenters. The largest absolute Gasteiger partial charge is 0.397 e. The van der Waals surface area contributed by atoms with Gasteiger partial charge in [0.25, 0.3) is 0 Å². The van der Waals surface area contributed by atoms with Crippen molar-refractivity contribution in [2.75, 3.05) is 12.0 Å². The zero-order valence-corrected chi connectivity index (χ0v) is 7.04. The minimum Gasteiger partial charge on any atom is -0.397 e. The van der Waals surface area contributed by atoms with Crippen LogP contribution in [-0.4, -0.2) is 11.2 Å². The number of halogens is 1. The van der Waals surface area contributed by atoms with Crippen LogP contribution in [0.15, 0.2) is 17.3 Å². The molecule has 4 heteroatoms. The number of nitrogen functional groups attached to an aromatic ring is 1. The molecule has 0 saturated heterocycles. The molecule has 1 aromatic heterocycles. The first-order valence-corrected chi connectivity index (χ1v) is 4.29. The molecule has 1 rings (SSSR count). The van der Waals surface area contributed by atoms with Crippen LogP contribution in [0.25, 0.3) is 0 Å². The summed E-state index contributed by atoms with van der Waals surface area (Å²) in [6.45, 7) is 0. The van der Waals surface area contributed by atoms with Gasteiger partial charge in [0.2, 0.25) is 0 Å². The van der Waals surface area contributed by atoms with E-state index in [0.717, 1.165) is 5.03 Å². The predicted molar refractivity (Wildman–Crippen MR) is 45.4 cm³/mol. The van der Waals surface area contributed by atoms with Gasteiger partial charge in [0.05, 0.1) is 10.7 Å². The number of anilines is 1. The zero-order chi connectivity index (χ0) is 7.56. The number of pyridine rings is 1. The highest BCUT2D eigenvalue weighted by atomic mass is 35.5. The minimum atomic E-state index is 0.579. The van der Waals surface area contributed by atoms with Gasteiger partial charge in [-0.05, 0) is 12.3 Å². The van der Waals surface area contributed by atoms with E-state index in [9.17, 15) is 0 Å². The normalized spacial score (nSPS) is 9.80. The molecule has 0 spiro atoms. The van der Waals surface area contributed by atoms with E-state index in [2.05, 4.69) is 4.98 Å². The van der Waals surface area contributed by atoms with E-state index in [-0.39, 0.29) is 0 Å². The van der Waals surface area contributed by atoms with E-state index in [0.29, 0.717) is 10.7 Å². The van der Waals surface area contributed by atoms with E-state index in [1.165, 1.54) is 11.8 Å². The second kappa shape index (κ2) is 3.12. The van der Waals surface area contributed by atoms with Gasteiger partial charge in [-0.2, -0.15) is 0 Å². The van der Waals surface area contributed by atoms with Crippen molar-refractivity contribution in [3.05, 3.63) is 17.3 Å². The van der Waals surface area contributed by atoms with Gasteiger partial charge in [0.15, 0.2) is 0 Å². The van der Waals surface area contributed by atoms with Gasteiger partial charge >= 0.3 is 0 Å². The first kappa shape index (κ1) is 7.69. The highest BCUT2D eigenvalue weighted by Gasteiger charge is 1.97. The SMILES string of the molecule is CSc1ncc(Cl)cc1N. The summed E-state index contributed by atoms with van der Waals surface area (Å²) in [5, 5.41) is 1.40. The van der Waals surface area contributed by atoms with Crippen molar-refractivity contribution in [2.45, 2.75) is 5.03 Å². The van der Waals surface area contributed by atoms with Crippen molar-refractivity contribution in [3.8, 4) is 0 Å². The molecule has 0 aromatic carbocycles. The molecule has 10 heavy (non-hydrogen) atoms. The summed E-state index contributed by atoms with van der Waals surface area (Å²) >= 11 is 7.13. The van der Waals surface area contributed by atoms with Crippen molar-refractivity contribution in [2.24, 2.45) is 0 Å². The molecule has 0 aliphatic heterocycles. The third-order valence-corrected chi connectivity index (χ3v) is 1.97. The first-order valence-electron chi connectivity index (χ1n) is 2.69. The van der Waals surface area contributed by atoms with Gasteiger partial charge in [0, 0.05) is 6.20 Å². The quantitative estimate of drug-likeness (QED) is 0.663. The molecule has 0 saturated carbocycles. The van der Waals surface area contributed by atoms with Crippen molar-refractivity contribution in [1.29, 1.82) is 0 Å². The molecular formula is C6H7ClN2S. The molecule has 0 unspecified atom stereocenters. The zero-order valence-electron chi connectivity index (χ0n) is 5.47. The Balaban J connectivity index is 3.07. The number of nitrogens with zero attached hydrogens (tertiary/aromatic N) is 1. The molecular weight excluding hydrogens is 168 g/mol. The predicted octanol–water partition coefficient (Wildman–Crippen LogP) is 2.04. The van der Waals surface area contributed by atoms with Crippen molar-refractivity contribution in [3.63, 3.8) is 0 Å². The summed E-state index contributed by atoms with van der Waals surface area (Å²) in [4.78, 5) is 4.00. The highest BCUT2D eigenvalue weighted by molar-refractivity contribution is 7.98. The summed E-state index contributed by atoms with van der Waals surface area (Å²) in [6, 6.07) is 1.69. The molecule has 1 heterocycles. The number of aromatic nitrogens is 1. The Kier molecular flexibility index (Phi) is 2.40. The monoisotopic (exact) mass is 174 g/mol. The standard InChI is InChI=1S/C6H7ClN2S/c1-10-6-5(8)2-4(7)3-9-6/h2-3H,8H2,1H3. The van der Waals surface area contributed by atoms with E-state index < -0.39 is 0 Å². The Morgan fingerprint density at radius 2 is 2.40 bits per heavy atom. The van der Waals surface area contributed by atoms with Crippen LogP contribution in [0.1, 0.15) is 0 Å². The number of nitrogens with two attached hydrogens (primary N) is 1. The van der Waals surface area contributed by atoms with Crippen LogP contribution >= 0.6 is 23.4 Å². The van der Waals surface area contributed by atoms with E-state index in [1.54, 1.807) is 12.3 Å². The van der Waals surface area contributed by atoms with E-state index in [4.69, 9.17) is 17.3 Å².